The van der Waals surface area contributed by atoms with Crippen molar-refractivity contribution in [1.82, 2.24) is 5.32 Å². The van der Waals surface area contributed by atoms with Gasteiger partial charge in [-0.1, -0.05) is 80.0 Å². The van der Waals surface area contributed by atoms with Gasteiger partial charge in [0.05, 0.1) is 16.6 Å². The number of hydrogen-bond donors (Lipinski definition) is 2. The van der Waals surface area contributed by atoms with E-state index in [9.17, 15) is 9.90 Å². The Morgan fingerprint density at radius 2 is 1.72 bits per heavy atom. The fraction of sp³-hybridized carbons (Fsp3) is 0.240. The average Bonchev–Trinajstić information content (AvgIpc) is 2.73. The molecule has 1 unspecified atom stereocenters. The average molecular weight is 406 g/mol. The van der Waals surface area contributed by atoms with Crippen molar-refractivity contribution < 1.29 is 9.90 Å². The van der Waals surface area contributed by atoms with Crippen molar-refractivity contribution >= 4 is 17.5 Å². The molecule has 1 aliphatic rings. The van der Waals surface area contributed by atoms with E-state index in [1.54, 1.807) is 12.1 Å². The Morgan fingerprint density at radius 3 is 2.48 bits per heavy atom. The molecule has 0 aliphatic heterocycles. The molecule has 29 heavy (non-hydrogen) atoms. The highest BCUT2D eigenvalue weighted by Crippen LogP contribution is 2.42. The number of carbonyl (C=O) groups is 1. The first-order chi connectivity index (χ1) is 13.9. The van der Waals surface area contributed by atoms with Crippen LogP contribution >= 0.6 is 11.6 Å². The second kappa shape index (κ2) is 7.57. The maximum atomic E-state index is 13.1. The summed E-state index contributed by atoms with van der Waals surface area (Å²) in [6, 6.07) is 21.2. The van der Waals surface area contributed by atoms with Gasteiger partial charge >= 0.3 is 0 Å². The van der Waals surface area contributed by atoms with Crippen LogP contribution in [0.5, 0.6) is 5.75 Å². The standard InChI is InChI=1S/C25H24ClNO2/c1-25(2)13-12-22(18-10-6-7-11-20(18)25)27-24(29)19-14-17(15-21(26)23(19)28)16-8-4-3-5-9-16/h3-11,14-15,22,28H,12-13H2,1-2H3,(H,27,29). The lowest BCUT2D eigenvalue weighted by Crippen LogP contribution is -2.35. The normalized spacial score (nSPS) is 17.4. The Balaban J connectivity index is 1.67. The first kappa shape index (κ1) is 19.5. The third-order valence-corrected chi connectivity index (χ3v) is 6.13. The molecule has 1 atom stereocenters. The number of rotatable bonds is 3. The molecule has 0 heterocycles. The number of halogens is 1. The highest BCUT2D eigenvalue weighted by Gasteiger charge is 2.33. The third kappa shape index (κ3) is 3.75. The number of phenolic OH excluding ortho intramolecular Hbond substituents is 1. The zero-order valence-electron chi connectivity index (χ0n) is 16.6. The Hall–Kier alpha value is -2.78. The molecule has 3 aromatic carbocycles. The lowest BCUT2D eigenvalue weighted by molar-refractivity contribution is 0.0927. The van der Waals surface area contributed by atoms with Gasteiger partial charge in [0.1, 0.15) is 5.75 Å². The summed E-state index contributed by atoms with van der Waals surface area (Å²) in [5.41, 5.74) is 4.41. The van der Waals surface area contributed by atoms with E-state index in [-0.39, 0.29) is 33.7 Å². The van der Waals surface area contributed by atoms with Crippen LogP contribution < -0.4 is 5.32 Å². The van der Waals surface area contributed by atoms with Gasteiger partial charge in [0.25, 0.3) is 5.91 Å². The number of phenols is 1. The molecular weight excluding hydrogens is 382 g/mol. The van der Waals surface area contributed by atoms with E-state index in [1.807, 2.05) is 42.5 Å². The molecular formula is C25H24ClNO2. The lowest BCUT2D eigenvalue weighted by atomic mass is 9.71. The summed E-state index contributed by atoms with van der Waals surface area (Å²) in [5, 5.41) is 13.7. The largest absolute Gasteiger partial charge is 0.506 e. The number of benzene rings is 3. The zero-order valence-corrected chi connectivity index (χ0v) is 17.3. The molecule has 0 bridgehead atoms. The Morgan fingerprint density at radius 1 is 1.03 bits per heavy atom. The molecule has 0 aromatic heterocycles. The summed E-state index contributed by atoms with van der Waals surface area (Å²) in [6.07, 6.45) is 1.83. The van der Waals surface area contributed by atoms with E-state index in [4.69, 9.17) is 11.6 Å². The van der Waals surface area contributed by atoms with Gasteiger partial charge in [-0.05, 0) is 52.6 Å². The molecule has 0 saturated carbocycles. The third-order valence-electron chi connectivity index (χ3n) is 5.84. The lowest BCUT2D eigenvalue weighted by Gasteiger charge is -2.37. The van der Waals surface area contributed by atoms with Gasteiger partial charge in [-0.25, -0.2) is 0 Å². The number of nitrogens with one attached hydrogen (secondary N) is 1. The van der Waals surface area contributed by atoms with Gasteiger partial charge in [-0.3, -0.25) is 4.79 Å². The molecule has 4 heteroatoms. The van der Waals surface area contributed by atoms with Gasteiger partial charge in [0.15, 0.2) is 0 Å². The van der Waals surface area contributed by atoms with E-state index in [0.29, 0.717) is 0 Å². The predicted octanol–water partition coefficient (Wildman–Crippen LogP) is 6.26. The number of carbonyl (C=O) groups excluding carboxylic acids is 1. The maximum Gasteiger partial charge on any atom is 0.255 e. The zero-order chi connectivity index (χ0) is 20.6. The second-order valence-corrected chi connectivity index (χ2v) is 8.66. The van der Waals surface area contributed by atoms with E-state index in [2.05, 4.69) is 31.3 Å². The fourth-order valence-electron chi connectivity index (χ4n) is 4.17. The van der Waals surface area contributed by atoms with E-state index < -0.39 is 0 Å². The van der Waals surface area contributed by atoms with Crippen LogP contribution in [0.1, 0.15) is 54.2 Å². The van der Waals surface area contributed by atoms with E-state index in [1.165, 1.54) is 5.56 Å². The van der Waals surface area contributed by atoms with Crippen molar-refractivity contribution in [2.45, 2.75) is 38.1 Å². The highest BCUT2D eigenvalue weighted by atomic mass is 35.5. The van der Waals surface area contributed by atoms with Gasteiger partial charge < -0.3 is 10.4 Å². The number of aromatic hydroxyl groups is 1. The van der Waals surface area contributed by atoms with Crippen molar-refractivity contribution in [2.24, 2.45) is 0 Å². The van der Waals surface area contributed by atoms with Gasteiger partial charge in [-0.2, -0.15) is 0 Å². The minimum absolute atomic E-state index is 0.0799. The van der Waals surface area contributed by atoms with Crippen molar-refractivity contribution in [2.75, 3.05) is 0 Å². The molecule has 3 aromatic rings. The molecule has 2 N–H and O–H groups in total. The maximum absolute atomic E-state index is 13.1. The molecule has 0 radical (unpaired) electrons. The molecule has 4 rings (SSSR count). The SMILES string of the molecule is CC1(C)CCC(NC(=O)c2cc(-c3ccccc3)cc(Cl)c2O)c2ccccc21. The Bertz CT molecular complexity index is 1060. The van der Waals surface area contributed by atoms with Gasteiger partial charge in [0, 0.05) is 0 Å². The van der Waals surface area contributed by atoms with Crippen molar-refractivity contribution in [3.63, 3.8) is 0 Å². The summed E-state index contributed by atoms with van der Waals surface area (Å²) in [4.78, 5) is 13.1. The number of fused-ring (bicyclic) bond motifs is 1. The highest BCUT2D eigenvalue weighted by molar-refractivity contribution is 6.33. The summed E-state index contributed by atoms with van der Waals surface area (Å²) in [5.74, 6) is -0.505. The van der Waals surface area contributed by atoms with Crippen LogP contribution in [-0.4, -0.2) is 11.0 Å². The van der Waals surface area contributed by atoms with Gasteiger partial charge in [0.2, 0.25) is 0 Å². The topological polar surface area (TPSA) is 49.3 Å². The second-order valence-electron chi connectivity index (χ2n) is 8.26. The van der Waals surface area contributed by atoms with Crippen molar-refractivity contribution in [3.8, 4) is 16.9 Å². The molecule has 1 aliphatic carbocycles. The smallest absolute Gasteiger partial charge is 0.255 e. The minimum atomic E-state index is -0.318. The van der Waals surface area contributed by atoms with E-state index in [0.717, 1.165) is 29.5 Å². The van der Waals surface area contributed by atoms with E-state index >= 15 is 0 Å². The monoisotopic (exact) mass is 405 g/mol. The van der Waals surface area contributed by atoms with Crippen molar-refractivity contribution in [3.05, 3.63) is 88.4 Å². The van der Waals surface area contributed by atoms with Crippen LogP contribution in [0, 0.1) is 0 Å². The Labute approximate surface area is 176 Å². The first-order valence-electron chi connectivity index (χ1n) is 9.85. The summed E-state index contributed by atoms with van der Waals surface area (Å²) < 4.78 is 0. The van der Waals surface area contributed by atoms with Crippen LogP contribution in [0.3, 0.4) is 0 Å². The molecule has 148 valence electrons. The Kier molecular flexibility index (Phi) is 5.10. The van der Waals surface area contributed by atoms with Crippen LogP contribution in [0.15, 0.2) is 66.7 Å². The first-order valence-corrected chi connectivity index (χ1v) is 10.2. The molecule has 0 fully saturated rings. The molecule has 1 amide bonds. The van der Waals surface area contributed by atoms with Crippen LogP contribution in [0.25, 0.3) is 11.1 Å². The predicted molar refractivity (Wildman–Crippen MR) is 117 cm³/mol. The molecule has 0 saturated heterocycles. The quantitative estimate of drug-likeness (QED) is 0.540. The molecule has 3 nitrogen and oxygen atoms in total. The van der Waals surface area contributed by atoms with Gasteiger partial charge in [-0.15, -0.1) is 0 Å². The number of hydrogen-bond acceptors (Lipinski definition) is 2. The van der Waals surface area contributed by atoms with Crippen LogP contribution in [0.4, 0.5) is 0 Å². The summed E-state index contributed by atoms with van der Waals surface area (Å²) >= 11 is 6.24. The number of amides is 1. The fourth-order valence-corrected chi connectivity index (χ4v) is 4.39. The minimum Gasteiger partial charge on any atom is -0.506 e. The molecule has 0 spiro atoms. The van der Waals surface area contributed by atoms with Crippen molar-refractivity contribution in [1.29, 1.82) is 0 Å². The summed E-state index contributed by atoms with van der Waals surface area (Å²) in [6.45, 7) is 4.47. The van der Waals surface area contributed by atoms with Crippen LogP contribution in [0.2, 0.25) is 5.02 Å². The summed E-state index contributed by atoms with van der Waals surface area (Å²) in [7, 11) is 0. The van der Waals surface area contributed by atoms with Crippen LogP contribution in [-0.2, 0) is 5.41 Å².